The molecule has 0 aliphatic carbocycles. The number of aryl methyl sites for hydroxylation is 1. The van der Waals surface area contributed by atoms with Crippen LogP contribution in [0.4, 0.5) is 14.7 Å². The predicted octanol–water partition coefficient (Wildman–Crippen LogP) is 4.05. The Bertz CT molecular complexity index is 1480. The van der Waals surface area contributed by atoms with Crippen molar-refractivity contribution in [2.75, 3.05) is 12.8 Å². The molecule has 0 spiro atoms. The van der Waals surface area contributed by atoms with Gasteiger partial charge in [0.1, 0.15) is 11.6 Å². The molecule has 1 atom stereocenters. The quantitative estimate of drug-likeness (QED) is 0.452. The van der Waals surface area contributed by atoms with E-state index in [1.165, 1.54) is 37.7 Å². The molecule has 10 heteroatoms. The third-order valence-corrected chi connectivity index (χ3v) is 6.19. The van der Waals surface area contributed by atoms with Gasteiger partial charge in [0, 0.05) is 24.1 Å². The molecule has 5 rings (SSSR count). The number of anilines is 1. The van der Waals surface area contributed by atoms with Crippen molar-refractivity contribution in [3.8, 4) is 17.1 Å². The maximum absolute atomic E-state index is 14.6. The number of hydrogen-bond acceptors (Lipinski definition) is 7. The second kappa shape index (κ2) is 9.29. The molecule has 0 saturated heterocycles. The number of methoxy groups -OCH3 is 1. The molecule has 1 aliphatic heterocycles. The molecule has 3 heterocycles. The van der Waals surface area contributed by atoms with Gasteiger partial charge < -0.3 is 15.4 Å². The first-order chi connectivity index (χ1) is 17.4. The van der Waals surface area contributed by atoms with Crippen molar-refractivity contribution in [2.24, 2.45) is 0 Å². The fourth-order valence-corrected chi connectivity index (χ4v) is 4.55. The summed E-state index contributed by atoms with van der Waals surface area (Å²) < 4.78 is 34.3. The first-order valence-corrected chi connectivity index (χ1v) is 11.2. The van der Waals surface area contributed by atoms with E-state index in [1.807, 2.05) is 0 Å². The van der Waals surface area contributed by atoms with Crippen LogP contribution < -0.4 is 10.5 Å². The standard InChI is InChI=1S/C26H22F2N6O2/c1-14-24-20(33-26(29)31-14)10-22(34(25(24)35)13-15-5-3-4-6-19(15)28)17-8-7-16(27)9-18(17)21-11-30-12-23(32-21)36-2/h3-9,11-12,22H,10,13H2,1-2H3,(H2,29,31,33). The van der Waals surface area contributed by atoms with Gasteiger partial charge in [-0.3, -0.25) is 9.78 Å². The number of nitrogen functional groups attached to an aromatic ring is 1. The highest BCUT2D eigenvalue weighted by molar-refractivity contribution is 5.98. The summed E-state index contributed by atoms with van der Waals surface area (Å²) in [6, 6.07) is 9.89. The first kappa shape index (κ1) is 23.3. The third kappa shape index (κ3) is 4.21. The van der Waals surface area contributed by atoms with Gasteiger partial charge in [-0.25, -0.2) is 23.7 Å². The SMILES string of the molecule is COc1cncc(-c2cc(F)ccc2C2Cc3nc(N)nc(C)c3C(=O)N2Cc2ccccc2F)n1. The van der Waals surface area contributed by atoms with Gasteiger partial charge in [-0.15, -0.1) is 0 Å². The maximum atomic E-state index is 14.6. The minimum atomic E-state index is -0.623. The van der Waals surface area contributed by atoms with Crippen LogP contribution in [0, 0.1) is 18.6 Å². The number of benzene rings is 2. The zero-order valence-electron chi connectivity index (χ0n) is 19.6. The molecule has 1 aliphatic rings. The van der Waals surface area contributed by atoms with Gasteiger partial charge in [0.05, 0.1) is 48.2 Å². The van der Waals surface area contributed by atoms with Crippen molar-refractivity contribution < 1.29 is 18.3 Å². The Morgan fingerprint density at radius 2 is 1.92 bits per heavy atom. The van der Waals surface area contributed by atoms with Crippen molar-refractivity contribution in [1.82, 2.24) is 24.8 Å². The normalized spacial score (nSPS) is 15.1. The number of amides is 1. The lowest BCUT2D eigenvalue weighted by atomic mass is 9.88. The highest BCUT2D eigenvalue weighted by atomic mass is 19.1. The van der Waals surface area contributed by atoms with Gasteiger partial charge in [0.2, 0.25) is 11.8 Å². The van der Waals surface area contributed by atoms with Crippen LogP contribution in [0.1, 0.15) is 38.9 Å². The molecular weight excluding hydrogens is 466 g/mol. The Hall–Kier alpha value is -4.47. The van der Waals surface area contributed by atoms with Crippen molar-refractivity contribution in [3.05, 3.63) is 94.6 Å². The summed E-state index contributed by atoms with van der Waals surface area (Å²) in [6.07, 6.45) is 3.19. The Morgan fingerprint density at radius 1 is 1.11 bits per heavy atom. The van der Waals surface area contributed by atoms with Gasteiger partial charge in [0.25, 0.3) is 5.91 Å². The predicted molar refractivity (Wildman–Crippen MR) is 128 cm³/mol. The topological polar surface area (TPSA) is 107 Å². The van der Waals surface area contributed by atoms with Crippen LogP contribution in [-0.2, 0) is 13.0 Å². The second-order valence-corrected chi connectivity index (χ2v) is 8.41. The van der Waals surface area contributed by atoms with Gasteiger partial charge in [-0.1, -0.05) is 24.3 Å². The lowest BCUT2D eigenvalue weighted by Crippen LogP contribution is -2.41. The van der Waals surface area contributed by atoms with Crippen LogP contribution in [0.2, 0.25) is 0 Å². The Labute approximate surface area is 205 Å². The maximum Gasteiger partial charge on any atom is 0.258 e. The molecule has 8 nitrogen and oxygen atoms in total. The molecule has 0 radical (unpaired) electrons. The van der Waals surface area contributed by atoms with E-state index in [4.69, 9.17) is 10.5 Å². The third-order valence-electron chi connectivity index (χ3n) is 6.19. The minimum absolute atomic E-state index is 0.0139. The average molecular weight is 488 g/mol. The summed E-state index contributed by atoms with van der Waals surface area (Å²) in [5.74, 6) is -0.971. The number of halogens is 2. The molecule has 0 fully saturated rings. The highest BCUT2D eigenvalue weighted by Crippen LogP contribution is 2.39. The first-order valence-electron chi connectivity index (χ1n) is 11.2. The van der Waals surface area contributed by atoms with E-state index in [9.17, 15) is 13.6 Å². The number of nitrogens with zero attached hydrogens (tertiary/aromatic N) is 5. The Morgan fingerprint density at radius 3 is 2.69 bits per heavy atom. The fraction of sp³-hybridized carbons (Fsp3) is 0.192. The van der Waals surface area contributed by atoms with E-state index >= 15 is 0 Å². The van der Waals surface area contributed by atoms with Crippen LogP contribution in [0.3, 0.4) is 0 Å². The number of rotatable bonds is 5. The summed E-state index contributed by atoms with van der Waals surface area (Å²) in [7, 11) is 1.46. The lowest BCUT2D eigenvalue weighted by Gasteiger charge is -2.38. The van der Waals surface area contributed by atoms with Crippen LogP contribution in [0.25, 0.3) is 11.3 Å². The van der Waals surface area contributed by atoms with E-state index in [2.05, 4.69) is 19.9 Å². The van der Waals surface area contributed by atoms with E-state index in [0.717, 1.165) is 0 Å². The number of nitrogens with two attached hydrogens (primary N) is 1. The Kier molecular flexibility index (Phi) is 6.01. The lowest BCUT2D eigenvalue weighted by molar-refractivity contribution is 0.0622. The summed E-state index contributed by atoms with van der Waals surface area (Å²) in [5.41, 5.74) is 8.88. The highest BCUT2D eigenvalue weighted by Gasteiger charge is 2.37. The monoisotopic (exact) mass is 488 g/mol. The molecule has 0 saturated carbocycles. The summed E-state index contributed by atoms with van der Waals surface area (Å²) in [4.78, 5) is 32.4. The second-order valence-electron chi connectivity index (χ2n) is 8.41. The van der Waals surface area contributed by atoms with Gasteiger partial charge in [0.15, 0.2) is 0 Å². The van der Waals surface area contributed by atoms with Crippen molar-refractivity contribution >= 4 is 11.9 Å². The summed E-state index contributed by atoms with van der Waals surface area (Å²) in [6.45, 7) is 1.67. The average Bonchev–Trinajstić information content (AvgIpc) is 2.86. The molecular formula is C26H22F2N6O2. The van der Waals surface area contributed by atoms with Gasteiger partial charge >= 0.3 is 0 Å². The van der Waals surface area contributed by atoms with Gasteiger partial charge in [-0.2, -0.15) is 0 Å². The number of ether oxygens (including phenoxy) is 1. The molecule has 182 valence electrons. The van der Waals surface area contributed by atoms with Crippen LogP contribution in [-0.4, -0.2) is 37.9 Å². The molecule has 1 unspecified atom stereocenters. The van der Waals surface area contributed by atoms with Crippen molar-refractivity contribution in [3.63, 3.8) is 0 Å². The molecule has 36 heavy (non-hydrogen) atoms. The minimum Gasteiger partial charge on any atom is -0.480 e. The van der Waals surface area contributed by atoms with E-state index < -0.39 is 17.7 Å². The van der Waals surface area contributed by atoms with E-state index in [0.29, 0.717) is 39.3 Å². The van der Waals surface area contributed by atoms with Crippen LogP contribution >= 0.6 is 0 Å². The van der Waals surface area contributed by atoms with Crippen molar-refractivity contribution in [2.45, 2.75) is 25.9 Å². The van der Waals surface area contributed by atoms with E-state index in [1.54, 1.807) is 36.1 Å². The van der Waals surface area contributed by atoms with Crippen molar-refractivity contribution in [1.29, 1.82) is 0 Å². The van der Waals surface area contributed by atoms with E-state index in [-0.39, 0.29) is 30.7 Å². The molecule has 0 bridgehead atoms. The van der Waals surface area contributed by atoms with Gasteiger partial charge in [-0.05, 0) is 30.7 Å². The molecule has 2 aromatic heterocycles. The number of aromatic nitrogens is 4. The van der Waals surface area contributed by atoms with Crippen LogP contribution in [0.15, 0.2) is 54.9 Å². The fourth-order valence-electron chi connectivity index (χ4n) is 4.55. The molecule has 4 aromatic rings. The zero-order chi connectivity index (χ0) is 25.4. The van der Waals surface area contributed by atoms with Crippen LogP contribution in [0.5, 0.6) is 5.88 Å². The number of carbonyl (C=O) groups excluding carboxylic acids is 1. The number of fused-ring (bicyclic) bond motifs is 1. The number of hydrogen-bond donors (Lipinski definition) is 1. The molecule has 2 N–H and O–H groups in total. The Balaban J connectivity index is 1.69. The number of carbonyl (C=O) groups is 1. The molecule has 2 aromatic carbocycles. The largest absolute Gasteiger partial charge is 0.480 e. The zero-order valence-corrected chi connectivity index (χ0v) is 19.6. The summed E-state index contributed by atoms with van der Waals surface area (Å²) in [5, 5.41) is 0. The smallest absolute Gasteiger partial charge is 0.258 e. The summed E-state index contributed by atoms with van der Waals surface area (Å²) >= 11 is 0. The molecule has 1 amide bonds.